The summed E-state index contributed by atoms with van der Waals surface area (Å²) in [5, 5.41) is 9.07. The molecule has 1 heterocycles. The van der Waals surface area contributed by atoms with Crippen molar-refractivity contribution >= 4 is 11.6 Å². The molecule has 0 aromatic heterocycles. The Morgan fingerprint density at radius 1 is 1.33 bits per heavy atom. The molecule has 1 unspecified atom stereocenters. The number of nitrogens with zero attached hydrogens (tertiary/aromatic N) is 1. The van der Waals surface area contributed by atoms with Gasteiger partial charge in [0, 0.05) is 30.4 Å². The van der Waals surface area contributed by atoms with E-state index in [2.05, 4.69) is 0 Å². The van der Waals surface area contributed by atoms with Crippen molar-refractivity contribution in [3.63, 3.8) is 0 Å². The number of hydrogen-bond donors (Lipinski definition) is 2. The molecule has 0 saturated carbocycles. The number of aliphatic hydroxyl groups is 1. The smallest absolute Gasteiger partial charge is 0.254 e. The van der Waals surface area contributed by atoms with Crippen LogP contribution in [0.1, 0.15) is 36.0 Å². The lowest BCUT2D eigenvalue weighted by atomic mass is 9.98. The predicted octanol–water partition coefficient (Wildman–Crippen LogP) is 1.65. The highest BCUT2D eigenvalue weighted by atomic mass is 16.3. The van der Waals surface area contributed by atoms with Crippen molar-refractivity contribution in [2.24, 2.45) is 0 Å². The van der Waals surface area contributed by atoms with E-state index in [9.17, 15) is 4.79 Å². The summed E-state index contributed by atoms with van der Waals surface area (Å²) in [5.41, 5.74) is 6.96. The second-order valence-electron chi connectivity index (χ2n) is 4.78. The Bertz CT molecular complexity index is 401. The lowest BCUT2D eigenvalue weighted by Gasteiger charge is -2.35. The number of piperidine rings is 1. The van der Waals surface area contributed by atoms with E-state index < -0.39 is 0 Å². The number of hydrogen-bond acceptors (Lipinski definition) is 3. The van der Waals surface area contributed by atoms with E-state index in [4.69, 9.17) is 10.8 Å². The van der Waals surface area contributed by atoms with Crippen LogP contribution in [-0.4, -0.2) is 35.1 Å². The molecule has 0 radical (unpaired) electrons. The lowest BCUT2D eigenvalue weighted by Crippen LogP contribution is -2.44. The van der Waals surface area contributed by atoms with Crippen molar-refractivity contribution in [2.45, 2.75) is 31.7 Å². The minimum Gasteiger partial charge on any atom is -0.399 e. The molecule has 1 saturated heterocycles. The first kappa shape index (κ1) is 12.9. The summed E-state index contributed by atoms with van der Waals surface area (Å²) in [6.07, 6.45) is 3.83. The van der Waals surface area contributed by atoms with Gasteiger partial charge in [-0.1, -0.05) is 0 Å². The fraction of sp³-hybridized carbons (Fsp3) is 0.500. The number of nitrogen functional groups attached to an aromatic ring is 1. The summed E-state index contributed by atoms with van der Waals surface area (Å²) in [6.45, 7) is 0.921. The van der Waals surface area contributed by atoms with Crippen molar-refractivity contribution in [2.75, 3.05) is 18.9 Å². The molecule has 0 aliphatic carbocycles. The molecule has 98 valence electrons. The van der Waals surface area contributed by atoms with Crippen LogP contribution in [0.15, 0.2) is 24.3 Å². The molecule has 0 spiro atoms. The number of anilines is 1. The average molecular weight is 248 g/mol. The number of benzene rings is 1. The largest absolute Gasteiger partial charge is 0.399 e. The average Bonchev–Trinajstić information content (AvgIpc) is 2.40. The van der Waals surface area contributed by atoms with E-state index in [1.54, 1.807) is 24.3 Å². The number of likely N-dealkylation sites (tertiary alicyclic amines) is 1. The summed E-state index contributed by atoms with van der Waals surface area (Å²) >= 11 is 0. The fourth-order valence-corrected chi connectivity index (χ4v) is 2.51. The molecule has 3 N–H and O–H groups in total. The maximum Gasteiger partial charge on any atom is 0.254 e. The van der Waals surface area contributed by atoms with Crippen LogP contribution in [0, 0.1) is 0 Å². The van der Waals surface area contributed by atoms with Crippen LogP contribution in [0.2, 0.25) is 0 Å². The standard InChI is InChI=1S/C14H20N2O2/c15-12-6-4-11(5-7-12)14(18)16-9-2-1-3-13(16)8-10-17/h4-7,13,17H,1-3,8-10,15H2. The number of carbonyl (C=O) groups excluding carboxylic acids is 1. The van der Waals surface area contributed by atoms with E-state index in [0.29, 0.717) is 17.7 Å². The highest BCUT2D eigenvalue weighted by Crippen LogP contribution is 2.22. The van der Waals surface area contributed by atoms with E-state index in [0.717, 1.165) is 25.8 Å². The van der Waals surface area contributed by atoms with Gasteiger partial charge in [-0.3, -0.25) is 4.79 Å². The van der Waals surface area contributed by atoms with Crippen LogP contribution < -0.4 is 5.73 Å². The molecule has 1 aromatic carbocycles. The minimum absolute atomic E-state index is 0.0492. The number of amides is 1. The molecular weight excluding hydrogens is 228 g/mol. The Balaban J connectivity index is 2.12. The van der Waals surface area contributed by atoms with Crippen LogP contribution in [-0.2, 0) is 0 Å². The summed E-state index contributed by atoms with van der Waals surface area (Å²) in [5.74, 6) is 0.0492. The monoisotopic (exact) mass is 248 g/mol. The second kappa shape index (κ2) is 5.87. The van der Waals surface area contributed by atoms with Gasteiger partial charge in [-0.15, -0.1) is 0 Å². The summed E-state index contributed by atoms with van der Waals surface area (Å²) in [4.78, 5) is 14.3. The Labute approximate surface area is 107 Å². The summed E-state index contributed by atoms with van der Waals surface area (Å²) in [7, 11) is 0. The third-order valence-electron chi connectivity index (χ3n) is 3.51. The molecule has 1 amide bonds. The van der Waals surface area contributed by atoms with Gasteiger partial charge in [0.15, 0.2) is 0 Å². The van der Waals surface area contributed by atoms with Gasteiger partial charge in [-0.2, -0.15) is 0 Å². The van der Waals surface area contributed by atoms with E-state index in [1.807, 2.05) is 4.90 Å². The molecule has 4 heteroatoms. The van der Waals surface area contributed by atoms with Gasteiger partial charge in [0.2, 0.25) is 0 Å². The lowest BCUT2D eigenvalue weighted by molar-refractivity contribution is 0.0574. The van der Waals surface area contributed by atoms with Gasteiger partial charge in [0.25, 0.3) is 5.91 Å². The highest BCUT2D eigenvalue weighted by Gasteiger charge is 2.26. The van der Waals surface area contributed by atoms with Crippen LogP contribution >= 0.6 is 0 Å². The quantitative estimate of drug-likeness (QED) is 0.799. The fourth-order valence-electron chi connectivity index (χ4n) is 2.51. The SMILES string of the molecule is Nc1ccc(C(=O)N2CCCCC2CCO)cc1. The maximum absolute atomic E-state index is 12.4. The van der Waals surface area contributed by atoms with E-state index in [1.165, 1.54) is 0 Å². The van der Waals surface area contributed by atoms with Gasteiger partial charge < -0.3 is 15.7 Å². The predicted molar refractivity (Wildman–Crippen MR) is 71.2 cm³/mol. The molecule has 0 bridgehead atoms. The third-order valence-corrected chi connectivity index (χ3v) is 3.51. The first-order valence-electron chi connectivity index (χ1n) is 6.49. The van der Waals surface area contributed by atoms with Crippen molar-refractivity contribution in [3.05, 3.63) is 29.8 Å². The van der Waals surface area contributed by atoms with Crippen LogP contribution in [0.5, 0.6) is 0 Å². The van der Waals surface area contributed by atoms with E-state index in [-0.39, 0.29) is 18.6 Å². The van der Waals surface area contributed by atoms with Crippen molar-refractivity contribution in [3.8, 4) is 0 Å². The van der Waals surface area contributed by atoms with Gasteiger partial charge in [0.1, 0.15) is 0 Å². The number of carbonyl (C=O) groups is 1. The van der Waals surface area contributed by atoms with Crippen LogP contribution in [0.4, 0.5) is 5.69 Å². The van der Waals surface area contributed by atoms with Crippen LogP contribution in [0.25, 0.3) is 0 Å². The third kappa shape index (κ3) is 2.82. The molecule has 1 fully saturated rings. The molecule has 1 aliphatic heterocycles. The van der Waals surface area contributed by atoms with Crippen molar-refractivity contribution in [1.29, 1.82) is 0 Å². The van der Waals surface area contributed by atoms with Crippen molar-refractivity contribution in [1.82, 2.24) is 4.90 Å². The second-order valence-corrected chi connectivity index (χ2v) is 4.78. The number of rotatable bonds is 3. The number of aliphatic hydroxyl groups excluding tert-OH is 1. The molecule has 2 rings (SSSR count). The Hall–Kier alpha value is -1.55. The molecule has 18 heavy (non-hydrogen) atoms. The molecule has 1 aromatic rings. The van der Waals surface area contributed by atoms with Gasteiger partial charge in [-0.05, 0) is 49.9 Å². The first-order valence-corrected chi connectivity index (χ1v) is 6.49. The topological polar surface area (TPSA) is 66.6 Å². The van der Waals surface area contributed by atoms with Crippen molar-refractivity contribution < 1.29 is 9.90 Å². The Morgan fingerprint density at radius 3 is 2.72 bits per heavy atom. The maximum atomic E-state index is 12.4. The zero-order valence-corrected chi connectivity index (χ0v) is 10.5. The zero-order chi connectivity index (χ0) is 13.0. The molecular formula is C14H20N2O2. The number of nitrogens with two attached hydrogens (primary N) is 1. The normalized spacial score (nSPS) is 19.8. The summed E-state index contributed by atoms with van der Waals surface area (Å²) < 4.78 is 0. The Kier molecular flexibility index (Phi) is 4.20. The first-order chi connectivity index (χ1) is 8.72. The van der Waals surface area contributed by atoms with Gasteiger partial charge in [-0.25, -0.2) is 0 Å². The van der Waals surface area contributed by atoms with E-state index >= 15 is 0 Å². The highest BCUT2D eigenvalue weighted by molar-refractivity contribution is 5.94. The molecule has 1 aliphatic rings. The zero-order valence-electron chi connectivity index (χ0n) is 10.5. The molecule has 4 nitrogen and oxygen atoms in total. The van der Waals surface area contributed by atoms with Gasteiger partial charge in [0.05, 0.1) is 0 Å². The minimum atomic E-state index is 0.0492. The van der Waals surface area contributed by atoms with Crippen LogP contribution in [0.3, 0.4) is 0 Å². The summed E-state index contributed by atoms with van der Waals surface area (Å²) in [6, 6.07) is 7.20. The Morgan fingerprint density at radius 2 is 2.06 bits per heavy atom. The van der Waals surface area contributed by atoms with Gasteiger partial charge >= 0.3 is 0 Å². The molecule has 1 atom stereocenters.